The van der Waals surface area contributed by atoms with E-state index in [1.54, 1.807) is 55.5 Å². The third kappa shape index (κ3) is 8.17. The molecule has 42 heavy (non-hydrogen) atoms. The fourth-order valence-corrected chi connectivity index (χ4v) is 5.78. The molecule has 9 nitrogen and oxygen atoms in total. The monoisotopic (exact) mass is 615 g/mol. The lowest BCUT2D eigenvalue weighted by Gasteiger charge is -2.32. The van der Waals surface area contributed by atoms with Gasteiger partial charge in [0, 0.05) is 24.2 Å². The minimum Gasteiger partial charge on any atom is -0.493 e. The van der Waals surface area contributed by atoms with E-state index in [-0.39, 0.29) is 23.0 Å². The zero-order valence-corrected chi connectivity index (χ0v) is 26.2. The fourth-order valence-electron chi connectivity index (χ4n) is 4.25. The van der Waals surface area contributed by atoms with E-state index < -0.39 is 28.5 Å². The van der Waals surface area contributed by atoms with E-state index in [0.29, 0.717) is 23.1 Å². The molecule has 1 atom stereocenters. The number of carbonyl (C=O) groups excluding carboxylic acids is 2. The molecule has 0 radical (unpaired) electrons. The summed E-state index contributed by atoms with van der Waals surface area (Å²) in [5.41, 5.74) is 1.83. The van der Waals surface area contributed by atoms with E-state index in [9.17, 15) is 18.0 Å². The number of ether oxygens (including phenoxy) is 2. The molecular weight excluding hydrogens is 578 g/mol. The maximum absolute atomic E-state index is 14.0. The number of nitrogens with one attached hydrogen (secondary N) is 1. The van der Waals surface area contributed by atoms with Gasteiger partial charge in [0.15, 0.2) is 11.5 Å². The van der Waals surface area contributed by atoms with E-state index >= 15 is 0 Å². The van der Waals surface area contributed by atoms with Crippen LogP contribution in [0.25, 0.3) is 0 Å². The summed E-state index contributed by atoms with van der Waals surface area (Å²) >= 11 is 6.06. The number of benzene rings is 3. The number of amides is 2. The van der Waals surface area contributed by atoms with E-state index in [1.165, 1.54) is 37.3 Å². The average Bonchev–Trinajstić information content (AvgIpc) is 2.98. The van der Waals surface area contributed by atoms with Crippen molar-refractivity contribution >= 4 is 39.1 Å². The molecule has 1 N–H and O–H groups in total. The smallest absolute Gasteiger partial charge is 0.264 e. The van der Waals surface area contributed by atoms with Gasteiger partial charge in [-0.05, 0) is 62.2 Å². The highest BCUT2D eigenvalue weighted by Gasteiger charge is 2.33. The van der Waals surface area contributed by atoms with Gasteiger partial charge in [0.05, 0.1) is 24.8 Å². The van der Waals surface area contributed by atoms with Gasteiger partial charge in [-0.25, -0.2) is 8.42 Å². The first-order valence-corrected chi connectivity index (χ1v) is 15.5. The van der Waals surface area contributed by atoms with Crippen LogP contribution in [0, 0.1) is 6.92 Å². The van der Waals surface area contributed by atoms with Crippen molar-refractivity contribution in [2.24, 2.45) is 0 Å². The Balaban J connectivity index is 2.05. The summed E-state index contributed by atoms with van der Waals surface area (Å²) in [4.78, 5) is 28.5. The Hall–Kier alpha value is -3.76. The molecule has 0 spiro atoms. The molecule has 3 rings (SSSR count). The van der Waals surface area contributed by atoms with Gasteiger partial charge in [-0.1, -0.05) is 54.8 Å². The number of hydrogen-bond acceptors (Lipinski definition) is 6. The summed E-state index contributed by atoms with van der Waals surface area (Å²) in [7, 11) is -1.30. The van der Waals surface area contributed by atoms with Crippen molar-refractivity contribution in [2.45, 2.75) is 51.1 Å². The minimum absolute atomic E-state index is 0.0188. The molecule has 0 aliphatic heterocycles. The molecule has 2 amide bonds. The first-order chi connectivity index (χ1) is 20.0. The standard InChI is InChI=1S/C31H38ClN3O6S/c1-6-7-18-33-31(37)23(3)34(20-24-10-12-25(32)13-11-24)30(36)21-35(26-14-17-28(40-4)29(19-26)41-5)42(38,39)27-15-8-22(2)9-16-27/h8-17,19,23H,6-7,18,20-21H2,1-5H3,(H,33,37)/t23-/m0/s1. The van der Waals surface area contributed by atoms with E-state index in [1.807, 2.05) is 13.8 Å². The number of methoxy groups -OCH3 is 2. The number of nitrogens with zero attached hydrogens (tertiary/aromatic N) is 2. The van der Waals surface area contributed by atoms with Crippen LogP contribution in [0.4, 0.5) is 5.69 Å². The molecule has 0 aliphatic carbocycles. The van der Waals surface area contributed by atoms with Gasteiger partial charge in [-0.2, -0.15) is 0 Å². The van der Waals surface area contributed by atoms with Gasteiger partial charge in [-0.15, -0.1) is 0 Å². The van der Waals surface area contributed by atoms with Crippen LogP contribution in [0.2, 0.25) is 5.02 Å². The third-order valence-electron chi connectivity index (χ3n) is 6.81. The molecule has 226 valence electrons. The molecule has 11 heteroatoms. The van der Waals surface area contributed by atoms with Crippen molar-refractivity contribution in [3.63, 3.8) is 0 Å². The molecule has 0 aliphatic rings. The Morgan fingerprint density at radius 1 is 0.952 bits per heavy atom. The summed E-state index contributed by atoms with van der Waals surface area (Å²) in [6.45, 7) is 5.48. The van der Waals surface area contributed by atoms with Crippen LogP contribution in [-0.4, -0.2) is 58.5 Å². The summed E-state index contributed by atoms with van der Waals surface area (Å²) in [6, 6.07) is 17.0. The number of anilines is 1. The average molecular weight is 616 g/mol. The second-order valence-corrected chi connectivity index (χ2v) is 12.1. The van der Waals surface area contributed by atoms with Gasteiger partial charge >= 0.3 is 0 Å². The summed E-state index contributed by atoms with van der Waals surface area (Å²) in [5.74, 6) is -0.186. The Labute approximate surface area is 253 Å². The van der Waals surface area contributed by atoms with Crippen LogP contribution in [0.3, 0.4) is 0 Å². The number of unbranched alkanes of at least 4 members (excludes halogenated alkanes) is 1. The highest BCUT2D eigenvalue weighted by molar-refractivity contribution is 7.92. The van der Waals surface area contributed by atoms with Gasteiger partial charge in [0.1, 0.15) is 12.6 Å². The summed E-state index contributed by atoms with van der Waals surface area (Å²) in [5, 5.41) is 3.40. The molecule has 0 fully saturated rings. The number of aryl methyl sites for hydroxylation is 1. The maximum atomic E-state index is 14.0. The van der Waals surface area contributed by atoms with E-state index in [0.717, 1.165) is 28.3 Å². The van der Waals surface area contributed by atoms with E-state index in [4.69, 9.17) is 21.1 Å². The largest absolute Gasteiger partial charge is 0.493 e. The van der Waals surface area contributed by atoms with Crippen LogP contribution < -0.4 is 19.1 Å². The molecule has 3 aromatic carbocycles. The maximum Gasteiger partial charge on any atom is 0.264 e. The van der Waals surface area contributed by atoms with Crippen LogP contribution in [-0.2, 0) is 26.2 Å². The predicted molar refractivity (Wildman–Crippen MR) is 165 cm³/mol. The lowest BCUT2D eigenvalue weighted by Crippen LogP contribution is -2.51. The highest BCUT2D eigenvalue weighted by Crippen LogP contribution is 2.34. The van der Waals surface area contributed by atoms with Crippen molar-refractivity contribution in [3.8, 4) is 11.5 Å². The summed E-state index contributed by atoms with van der Waals surface area (Å²) < 4.78 is 39.8. The van der Waals surface area contributed by atoms with Gasteiger partial charge in [-0.3, -0.25) is 13.9 Å². The topological polar surface area (TPSA) is 105 Å². The minimum atomic E-state index is -4.21. The normalized spacial score (nSPS) is 11.9. The number of hydrogen-bond donors (Lipinski definition) is 1. The number of sulfonamides is 1. The van der Waals surface area contributed by atoms with Crippen molar-refractivity contribution in [3.05, 3.63) is 82.9 Å². The first kappa shape index (κ1) is 32.8. The molecule has 0 aromatic heterocycles. The predicted octanol–water partition coefficient (Wildman–Crippen LogP) is 5.19. The highest BCUT2D eigenvalue weighted by atomic mass is 35.5. The second kappa shape index (κ2) is 14.9. The van der Waals surface area contributed by atoms with Crippen molar-refractivity contribution < 1.29 is 27.5 Å². The number of carbonyl (C=O) groups is 2. The first-order valence-electron chi connectivity index (χ1n) is 13.6. The molecular formula is C31H38ClN3O6S. The molecule has 0 unspecified atom stereocenters. The Kier molecular flexibility index (Phi) is 11.6. The molecule has 3 aromatic rings. The fraction of sp³-hybridized carbons (Fsp3) is 0.355. The Morgan fingerprint density at radius 3 is 2.19 bits per heavy atom. The Morgan fingerprint density at radius 2 is 1.60 bits per heavy atom. The Bertz CT molecular complexity index is 1460. The van der Waals surface area contributed by atoms with Crippen molar-refractivity contribution in [1.29, 1.82) is 0 Å². The van der Waals surface area contributed by atoms with Crippen LogP contribution in [0.1, 0.15) is 37.8 Å². The van der Waals surface area contributed by atoms with E-state index in [2.05, 4.69) is 5.32 Å². The number of halogens is 1. The SMILES string of the molecule is CCCCNC(=O)[C@H](C)N(Cc1ccc(Cl)cc1)C(=O)CN(c1ccc(OC)c(OC)c1)S(=O)(=O)c1ccc(C)cc1. The van der Waals surface area contributed by atoms with Gasteiger partial charge in [0.2, 0.25) is 11.8 Å². The zero-order chi connectivity index (χ0) is 30.9. The summed E-state index contributed by atoms with van der Waals surface area (Å²) in [6.07, 6.45) is 1.70. The lowest BCUT2D eigenvalue weighted by atomic mass is 10.1. The number of rotatable bonds is 14. The third-order valence-corrected chi connectivity index (χ3v) is 8.85. The van der Waals surface area contributed by atoms with Gasteiger partial charge < -0.3 is 19.7 Å². The zero-order valence-electron chi connectivity index (χ0n) is 24.6. The van der Waals surface area contributed by atoms with Gasteiger partial charge in [0.25, 0.3) is 10.0 Å². The molecule has 0 bridgehead atoms. The lowest BCUT2D eigenvalue weighted by molar-refractivity contribution is -0.139. The molecule has 0 saturated carbocycles. The van der Waals surface area contributed by atoms with Crippen LogP contribution in [0.15, 0.2) is 71.6 Å². The molecule has 0 saturated heterocycles. The van der Waals surface area contributed by atoms with Crippen LogP contribution in [0.5, 0.6) is 11.5 Å². The van der Waals surface area contributed by atoms with Crippen LogP contribution >= 0.6 is 11.6 Å². The second-order valence-electron chi connectivity index (χ2n) is 9.83. The molecule has 0 heterocycles. The quantitative estimate of drug-likeness (QED) is 0.250. The van der Waals surface area contributed by atoms with Crippen molar-refractivity contribution in [1.82, 2.24) is 10.2 Å². The van der Waals surface area contributed by atoms with Crippen molar-refractivity contribution in [2.75, 3.05) is 31.6 Å².